The topological polar surface area (TPSA) is 105 Å². The van der Waals surface area contributed by atoms with Crippen molar-refractivity contribution in [2.24, 2.45) is 0 Å². The van der Waals surface area contributed by atoms with E-state index < -0.39 is 11.6 Å². The van der Waals surface area contributed by atoms with E-state index in [-0.39, 0.29) is 6.61 Å². The lowest BCUT2D eigenvalue weighted by Crippen LogP contribution is -2.27. The summed E-state index contributed by atoms with van der Waals surface area (Å²) in [6, 6.07) is 0. The lowest BCUT2D eigenvalue weighted by molar-refractivity contribution is -0.131. The number of rotatable bonds is 11. The molecule has 7 nitrogen and oxygen atoms in total. The Morgan fingerprint density at radius 2 is 1.50 bits per heavy atom. The number of carbonyl (C=O) groups is 1. The van der Waals surface area contributed by atoms with Gasteiger partial charge in [0.15, 0.2) is 0 Å². The average Bonchev–Trinajstić information content (AvgIpc) is 2.36. The maximum Gasteiger partial charge on any atom is 0.327 e. The van der Waals surface area contributed by atoms with Gasteiger partial charge in [-0.05, 0) is 13.8 Å². The number of aliphatic hydroxyl groups is 2. The fourth-order valence-electron chi connectivity index (χ4n) is 0.826. The van der Waals surface area contributed by atoms with Crippen LogP contribution in [0.1, 0.15) is 13.8 Å². The van der Waals surface area contributed by atoms with Crippen LogP contribution in [0.4, 0.5) is 0 Å². The van der Waals surface area contributed by atoms with Gasteiger partial charge in [-0.2, -0.15) is 0 Å². The number of aliphatic hydroxyl groups excluding tert-OH is 1. The summed E-state index contributed by atoms with van der Waals surface area (Å²) in [6.07, 6.45) is 0.833. The normalized spacial score (nSPS) is 10.6. The Hall–Kier alpha value is -0.990. The molecule has 0 saturated heterocycles. The van der Waals surface area contributed by atoms with Gasteiger partial charge in [-0.3, -0.25) is 0 Å². The quantitative estimate of drug-likeness (QED) is 0.365. The highest BCUT2D eigenvalue weighted by molar-refractivity contribution is 5.78. The van der Waals surface area contributed by atoms with Crippen molar-refractivity contribution in [3.05, 3.63) is 12.7 Å². The molecule has 0 rings (SSSR count). The molecule has 0 aromatic heterocycles. The van der Waals surface area contributed by atoms with Gasteiger partial charge < -0.3 is 29.5 Å². The Morgan fingerprint density at radius 3 is 1.85 bits per heavy atom. The number of ether oxygens (including phenoxy) is 3. The van der Waals surface area contributed by atoms with Crippen molar-refractivity contribution >= 4 is 5.97 Å². The summed E-state index contributed by atoms with van der Waals surface area (Å²) >= 11 is 0. The molecule has 0 bridgehead atoms. The van der Waals surface area contributed by atoms with Crippen LogP contribution in [0.3, 0.4) is 0 Å². The van der Waals surface area contributed by atoms with E-state index in [9.17, 15) is 9.90 Å². The van der Waals surface area contributed by atoms with Crippen LogP contribution in [0, 0.1) is 0 Å². The van der Waals surface area contributed by atoms with Crippen molar-refractivity contribution in [3.8, 4) is 0 Å². The van der Waals surface area contributed by atoms with Gasteiger partial charge in [0.25, 0.3) is 0 Å². The molecule has 0 radical (unpaired) electrons. The molecular formula is C13H26O7. The molecule has 0 aliphatic carbocycles. The first-order chi connectivity index (χ1) is 9.33. The molecule has 3 N–H and O–H groups in total. The van der Waals surface area contributed by atoms with Crippen molar-refractivity contribution in [2.45, 2.75) is 19.4 Å². The highest BCUT2D eigenvalue weighted by atomic mass is 16.5. The van der Waals surface area contributed by atoms with Crippen LogP contribution < -0.4 is 0 Å². The Kier molecular flexibility index (Phi) is 15.4. The van der Waals surface area contributed by atoms with Crippen LogP contribution >= 0.6 is 0 Å². The van der Waals surface area contributed by atoms with Crippen LogP contribution in [0.2, 0.25) is 0 Å². The Morgan fingerprint density at radius 1 is 1.10 bits per heavy atom. The molecule has 20 heavy (non-hydrogen) atoms. The lowest BCUT2D eigenvalue weighted by atomic mass is 10.2. The van der Waals surface area contributed by atoms with Crippen LogP contribution in [-0.2, 0) is 19.0 Å². The van der Waals surface area contributed by atoms with Gasteiger partial charge in [0.1, 0.15) is 0 Å². The molecule has 0 amide bonds. The zero-order valence-corrected chi connectivity index (χ0v) is 12.2. The molecule has 0 saturated carbocycles. The maximum absolute atomic E-state index is 9.31. The first-order valence-electron chi connectivity index (χ1n) is 6.25. The van der Waals surface area contributed by atoms with Crippen LogP contribution in [0.25, 0.3) is 0 Å². The van der Waals surface area contributed by atoms with E-state index in [1.54, 1.807) is 13.8 Å². The summed E-state index contributed by atoms with van der Waals surface area (Å²) in [7, 11) is 0. The van der Waals surface area contributed by atoms with E-state index in [0.29, 0.717) is 39.6 Å². The molecule has 0 aliphatic heterocycles. The van der Waals surface area contributed by atoms with Gasteiger partial charge in [-0.1, -0.05) is 6.58 Å². The summed E-state index contributed by atoms with van der Waals surface area (Å²) in [6.45, 7) is 8.95. The average molecular weight is 294 g/mol. The molecule has 0 unspecified atom stereocenters. The van der Waals surface area contributed by atoms with E-state index in [1.165, 1.54) is 0 Å². The monoisotopic (exact) mass is 294 g/mol. The van der Waals surface area contributed by atoms with E-state index in [0.717, 1.165) is 6.08 Å². The second-order valence-corrected chi connectivity index (χ2v) is 4.36. The minimum absolute atomic E-state index is 0.0364. The first-order valence-corrected chi connectivity index (χ1v) is 6.25. The maximum atomic E-state index is 9.31. The molecule has 0 aromatic rings. The third-order valence-corrected chi connectivity index (χ3v) is 1.61. The van der Waals surface area contributed by atoms with Crippen molar-refractivity contribution < 1.29 is 34.3 Å². The summed E-state index contributed by atoms with van der Waals surface area (Å²) in [4.78, 5) is 9.25. The molecule has 0 aliphatic rings. The van der Waals surface area contributed by atoms with Crippen molar-refractivity contribution in [3.63, 3.8) is 0 Å². The summed E-state index contributed by atoms with van der Waals surface area (Å²) in [5.41, 5.74) is -0.787. The van der Waals surface area contributed by atoms with Gasteiger partial charge >= 0.3 is 5.97 Å². The summed E-state index contributed by atoms with van der Waals surface area (Å²) in [5.74, 6) is -0.981. The minimum Gasteiger partial charge on any atom is -0.478 e. The van der Waals surface area contributed by atoms with E-state index in [4.69, 9.17) is 24.4 Å². The molecule has 0 spiro atoms. The van der Waals surface area contributed by atoms with E-state index >= 15 is 0 Å². The number of hydrogen-bond donors (Lipinski definition) is 3. The third-order valence-electron chi connectivity index (χ3n) is 1.61. The molecule has 0 fully saturated rings. The van der Waals surface area contributed by atoms with Crippen LogP contribution in [0.15, 0.2) is 12.7 Å². The first kappa shape index (κ1) is 21.3. The molecular weight excluding hydrogens is 268 g/mol. The zero-order valence-electron chi connectivity index (χ0n) is 12.2. The van der Waals surface area contributed by atoms with Crippen molar-refractivity contribution in [1.82, 2.24) is 0 Å². The standard InChI is InChI=1S/C10H22O5.C3H4O2/c1-10(2,12)9-15-8-7-14-6-5-13-4-3-11;1-2-3(4)5/h11-12H,3-9H2,1-2H3;2H,1H2,(H,4,5). The Labute approximate surface area is 119 Å². The molecule has 0 atom stereocenters. The smallest absolute Gasteiger partial charge is 0.327 e. The van der Waals surface area contributed by atoms with E-state index in [2.05, 4.69) is 6.58 Å². The molecule has 0 aromatic carbocycles. The summed E-state index contributed by atoms with van der Waals surface area (Å²) in [5, 5.41) is 25.3. The highest BCUT2D eigenvalue weighted by Gasteiger charge is 2.11. The predicted octanol–water partition coefficient (Wildman–Crippen LogP) is 0.0564. The second-order valence-electron chi connectivity index (χ2n) is 4.36. The van der Waals surface area contributed by atoms with Gasteiger partial charge in [0.2, 0.25) is 0 Å². The number of carboxylic acids is 1. The SMILES string of the molecule is C=CC(=O)O.CC(C)(O)COCCOCCOCCO. The minimum atomic E-state index is -0.981. The van der Waals surface area contributed by atoms with Gasteiger partial charge in [-0.25, -0.2) is 4.79 Å². The summed E-state index contributed by atoms with van der Waals surface area (Å²) < 4.78 is 15.3. The Balaban J connectivity index is 0. The van der Waals surface area contributed by atoms with Crippen molar-refractivity contribution in [1.29, 1.82) is 0 Å². The zero-order chi connectivity index (χ0) is 15.9. The third kappa shape index (κ3) is 25.8. The highest BCUT2D eigenvalue weighted by Crippen LogP contribution is 2.00. The fraction of sp³-hybridized carbons (Fsp3) is 0.769. The number of hydrogen-bond acceptors (Lipinski definition) is 6. The second kappa shape index (κ2) is 14.4. The van der Waals surface area contributed by atoms with Gasteiger partial charge in [0.05, 0.1) is 51.8 Å². The van der Waals surface area contributed by atoms with Crippen LogP contribution in [0.5, 0.6) is 0 Å². The fourth-order valence-corrected chi connectivity index (χ4v) is 0.826. The predicted molar refractivity (Wildman–Crippen MR) is 73.7 cm³/mol. The van der Waals surface area contributed by atoms with Gasteiger partial charge in [-0.15, -0.1) is 0 Å². The molecule has 0 heterocycles. The molecule has 120 valence electrons. The number of carboxylic acid groups (broad SMARTS) is 1. The Bertz CT molecular complexity index is 235. The molecule has 7 heteroatoms. The van der Waals surface area contributed by atoms with Crippen molar-refractivity contribution in [2.75, 3.05) is 46.2 Å². The number of aliphatic carboxylic acids is 1. The van der Waals surface area contributed by atoms with Gasteiger partial charge in [0, 0.05) is 6.08 Å². The van der Waals surface area contributed by atoms with E-state index in [1.807, 2.05) is 0 Å². The lowest BCUT2D eigenvalue weighted by Gasteiger charge is -2.16. The van der Waals surface area contributed by atoms with Crippen LogP contribution in [-0.4, -0.2) is 73.1 Å². The largest absolute Gasteiger partial charge is 0.478 e.